The zero-order valence-corrected chi connectivity index (χ0v) is 13.8. The number of benzene rings is 2. The molecule has 0 aliphatic heterocycles. The van der Waals surface area contributed by atoms with Crippen LogP contribution in [0, 0.1) is 0 Å². The molecule has 23 heavy (non-hydrogen) atoms. The van der Waals surface area contributed by atoms with Crippen molar-refractivity contribution in [2.24, 2.45) is 0 Å². The SMILES string of the molecule is C=CCCCCCCCCc1nc2cc3ccccc3cc2o1. The lowest BCUT2D eigenvalue weighted by molar-refractivity contribution is 0.504. The van der Waals surface area contributed by atoms with Crippen LogP contribution in [0.3, 0.4) is 0 Å². The number of oxazole rings is 1. The van der Waals surface area contributed by atoms with Crippen LogP contribution >= 0.6 is 0 Å². The van der Waals surface area contributed by atoms with E-state index in [0.717, 1.165) is 36.3 Å². The lowest BCUT2D eigenvalue weighted by Crippen LogP contribution is -1.86. The fraction of sp³-hybridized carbons (Fsp3) is 0.381. The Balaban J connectivity index is 1.50. The molecule has 120 valence electrons. The number of unbranched alkanes of at least 4 members (excludes halogenated alkanes) is 6. The van der Waals surface area contributed by atoms with E-state index in [-0.39, 0.29) is 0 Å². The molecule has 2 heteroatoms. The normalized spacial score (nSPS) is 11.3. The summed E-state index contributed by atoms with van der Waals surface area (Å²) in [6.07, 6.45) is 11.8. The van der Waals surface area contributed by atoms with Crippen LogP contribution < -0.4 is 0 Å². The van der Waals surface area contributed by atoms with E-state index in [0.29, 0.717) is 0 Å². The smallest absolute Gasteiger partial charge is 0.195 e. The summed E-state index contributed by atoms with van der Waals surface area (Å²) in [5, 5.41) is 2.43. The number of aromatic nitrogens is 1. The maximum Gasteiger partial charge on any atom is 0.195 e. The van der Waals surface area contributed by atoms with Gasteiger partial charge in [-0.2, -0.15) is 0 Å². The average Bonchev–Trinajstić information content (AvgIpc) is 2.96. The highest BCUT2D eigenvalue weighted by molar-refractivity contribution is 5.94. The zero-order valence-electron chi connectivity index (χ0n) is 13.8. The number of nitrogens with zero attached hydrogens (tertiary/aromatic N) is 1. The number of fused-ring (bicyclic) bond motifs is 2. The van der Waals surface area contributed by atoms with E-state index < -0.39 is 0 Å². The molecule has 2 nitrogen and oxygen atoms in total. The van der Waals surface area contributed by atoms with Crippen molar-refractivity contribution in [3.05, 3.63) is 54.9 Å². The maximum absolute atomic E-state index is 5.91. The van der Waals surface area contributed by atoms with E-state index in [1.807, 2.05) is 6.08 Å². The van der Waals surface area contributed by atoms with Crippen molar-refractivity contribution in [1.29, 1.82) is 0 Å². The third-order valence-corrected chi connectivity index (χ3v) is 4.35. The van der Waals surface area contributed by atoms with Crippen LogP contribution in [-0.4, -0.2) is 4.98 Å². The molecule has 0 unspecified atom stereocenters. The molecule has 0 bridgehead atoms. The maximum atomic E-state index is 5.91. The van der Waals surface area contributed by atoms with Crippen molar-refractivity contribution in [2.75, 3.05) is 0 Å². The van der Waals surface area contributed by atoms with E-state index in [1.54, 1.807) is 0 Å². The van der Waals surface area contributed by atoms with E-state index in [4.69, 9.17) is 4.42 Å². The van der Waals surface area contributed by atoms with Gasteiger partial charge in [0.15, 0.2) is 11.5 Å². The van der Waals surface area contributed by atoms with Crippen molar-refractivity contribution in [3.8, 4) is 0 Å². The average molecular weight is 307 g/mol. The van der Waals surface area contributed by atoms with E-state index in [9.17, 15) is 0 Å². The first-order valence-electron chi connectivity index (χ1n) is 8.76. The molecule has 0 atom stereocenters. The first kappa shape index (κ1) is 15.8. The van der Waals surface area contributed by atoms with Gasteiger partial charge in [-0.25, -0.2) is 4.98 Å². The monoisotopic (exact) mass is 307 g/mol. The standard InChI is InChI=1S/C21H25NO/c1-2-3-4-5-6-7-8-9-14-21-22-19-15-17-12-10-11-13-18(17)16-20(19)23-21/h2,10-13,15-16H,1,3-9,14H2. The minimum atomic E-state index is 0.877. The lowest BCUT2D eigenvalue weighted by Gasteiger charge is -1.99. The number of hydrogen-bond donors (Lipinski definition) is 0. The zero-order chi connectivity index (χ0) is 15.9. The van der Waals surface area contributed by atoms with Gasteiger partial charge in [0.25, 0.3) is 0 Å². The van der Waals surface area contributed by atoms with Gasteiger partial charge in [0.05, 0.1) is 0 Å². The van der Waals surface area contributed by atoms with Gasteiger partial charge in [0, 0.05) is 6.42 Å². The van der Waals surface area contributed by atoms with E-state index in [1.165, 1.54) is 42.9 Å². The highest BCUT2D eigenvalue weighted by atomic mass is 16.3. The van der Waals surface area contributed by atoms with Crippen LogP contribution in [-0.2, 0) is 6.42 Å². The van der Waals surface area contributed by atoms with Crippen LogP contribution in [0.5, 0.6) is 0 Å². The first-order chi connectivity index (χ1) is 11.4. The van der Waals surface area contributed by atoms with Crippen molar-refractivity contribution < 1.29 is 4.42 Å². The Morgan fingerprint density at radius 2 is 1.61 bits per heavy atom. The van der Waals surface area contributed by atoms with Crippen LogP contribution in [0.15, 0.2) is 53.5 Å². The Morgan fingerprint density at radius 3 is 2.39 bits per heavy atom. The summed E-state index contributed by atoms with van der Waals surface area (Å²) in [6.45, 7) is 3.76. The summed E-state index contributed by atoms with van der Waals surface area (Å²) in [4.78, 5) is 4.64. The van der Waals surface area contributed by atoms with Crippen LogP contribution in [0.1, 0.15) is 50.8 Å². The van der Waals surface area contributed by atoms with E-state index >= 15 is 0 Å². The van der Waals surface area contributed by atoms with E-state index in [2.05, 4.69) is 48.0 Å². The molecule has 3 aromatic rings. The summed E-state index contributed by atoms with van der Waals surface area (Å²) in [6, 6.07) is 12.6. The van der Waals surface area contributed by atoms with Crippen LogP contribution in [0.4, 0.5) is 0 Å². The molecule has 3 rings (SSSR count). The number of hydrogen-bond acceptors (Lipinski definition) is 2. The highest BCUT2D eigenvalue weighted by Crippen LogP contribution is 2.24. The Bertz CT molecular complexity index is 719. The van der Waals surface area contributed by atoms with Gasteiger partial charge >= 0.3 is 0 Å². The molecule has 0 fully saturated rings. The largest absolute Gasteiger partial charge is 0.441 e. The van der Waals surface area contributed by atoms with Gasteiger partial charge in [0.2, 0.25) is 0 Å². The van der Waals surface area contributed by atoms with Crippen molar-refractivity contribution in [3.63, 3.8) is 0 Å². The molecule has 0 aliphatic rings. The second-order valence-electron chi connectivity index (χ2n) is 6.22. The Hall–Kier alpha value is -2.09. The summed E-state index contributed by atoms with van der Waals surface area (Å²) in [5.41, 5.74) is 1.88. The Kier molecular flexibility index (Phi) is 5.46. The van der Waals surface area contributed by atoms with Gasteiger partial charge in [-0.15, -0.1) is 6.58 Å². The van der Waals surface area contributed by atoms with Gasteiger partial charge in [-0.1, -0.05) is 56.0 Å². The van der Waals surface area contributed by atoms with Gasteiger partial charge in [-0.3, -0.25) is 0 Å². The number of aryl methyl sites for hydroxylation is 1. The summed E-state index contributed by atoms with van der Waals surface area (Å²) in [5.74, 6) is 0.877. The van der Waals surface area contributed by atoms with Crippen LogP contribution in [0.2, 0.25) is 0 Å². The molecule has 1 heterocycles. The molecule has 0 N–H and O–H groups in total. The quantitative estimate of drug-likeness (QED) is 0.336. The molecule has 2 aromatic carbocycles. The second kappa shape index (κ2) is 7.96. The molecule has 0 aliphatic carbocycles. The predicted octanol–water partition coefficient (Wildman–Crippen LogP) is 6.44. The number of rotatable bonds is 9. The summed E-state index contributed by atoms with van der Waals surface area (Å²) >= 11 is 0. The molecule has 0 spiro atoms. The Morgan fingerprint density at radius 1 is 0.913 bits per heavy atom. The van der Waals surface area contributed by atoms with Crippen LogP contribution in [0.25, 0.3) is 21.9 Å². The third kappa shape index (κ3) is 4.22. The molecular formula is C21H25NO. The lowest BCUT2D eigenvalue weighted by atomic mass is 10.1. The number of allylic oxidation sites excluding steroid dienone is 1. The molecular weight excluding hydrogens is 282 g/mol. The van der Waals surface area contributed by atoms with Crippen molar-refractivity contribution >= 4 is 21.9 Å². The Labute approximate surface area is 138 Å². The summed E-state index contributed by atoms with van der Waals surface area (Å²) in [7, 11) is 0. The predicted molar refractivity (Wildman–Crippen MR) is 97.7 cm³/mol. The molecule has 1 aromatic heterocycles. The van der Waals surface area contributed by atoms with Gasteiger partial charge in [0.1, 0.15) is 5.52 Å². The first-order valence-corrected chi connectivity index (χ1v) is 8.76. The molecule has 0 saturated carbocycles. The topological polar surface area (TPSA) is 26.0 Å². The van der Waals surface area contributed by atoms with Gasteiger partial charge in [-0.05, 0) is 42.2 Å². The molecule has 0 radical (unpaired) electrons. The molecule has 0 amide bonds. The minimum Gasteiger partial charge on any atom is -0.441 e. The van der Waals surface area contributed by atoms with Crippen molar-refractivity contribution in [2.45, 2.75) is 51.4 Å². The minimum absolute atomic E-state index is 0.877. The summed E-state index contributed by atoms with van der Waals surface area (Å²) < 4.78 is 5.91. The third-order valence-electron chi connectivity index (χ3n) is 4.35. The fourth-order valence-electron chi connectivity index (χ4n) is 3.04. The highest BCUT2D eigenvalue weighted by Gasteiger charge is 2.07. The fourth-order valence-corrected chi connectivity index (χ4v) is 3.04. The van der Waals surface area contributed by atoms with Gasteiger partial charge < -0.3 is 4.42 Å². The molecule has 0 saturated heterocycles. The second-order valence-corrected chi connectivity index (χ2v) is 6.22. The van der Waals surface area contributed by atoms with Crippen molar-refractivity contribution in [1.82, 2.24) is 4.98 Å².